The largest absolute Gasteiger partial charge is 0.477 e. The zero-order valence-corrected chi connectivity index (χ0v) is 7.06. The molecule has 0 radical (unpaired) electrons. The molecule has 0 spiro atoms. The number of carbonyl (C=O) groups is 1. The lowest BCUT2D eigenvalue weighted by Gasteiger charge is -2.07. The Morgan fingerprint density at radius 3 is 2.36 bits per heavy atom. The monoisotopic (exact) mass is 158 g/mol. The maximum Gasteiger partial charge on any atom is 0.353 e. The van der Waals surface area contributed by atoms with E-state index in [9.17, 15) is 4.79 Å². The van der Waals surface area contributed by atoms with Crippen LogP contribution in [0.25, 0.3) is 0 Å². The van der Waals surface area contributed by atoms with Crippen LogP contribution in [0.15, 0.2) is 11.4 Å². The van der Waals surface area contributed by atoms with E-state index < -0.39 is 5.97 Å². The molecule has 0 fully saturated rings. The van der Waals surface area contributed by atoms with Crippen LogP contribution in [0.1, 0.15) is 13.8 Å². The minimum Gasteiger partial charge on any atom is -0.477 e. The summed E-state index contributed by atoms with van der Waals surface area (Å²) in [6.45, 7) is 4.18. The molecule has 3 N–H and O–H groups in total. The van der Waals surface area contributed by atoms with E-state index in [0.717, 1.165) is 0 Å². The van der Waals surface area contributed by atoms with Gasteiger partial charge in [0, 0.05) is 19.3 Å². The third-order valence-corrected chi connectivity index (χ3v) is 1.32. The normalized spacial score (nSPS) is 11.9. The Balaban J connectivity index is 4.43. The first-order valence-corrected chi connectivity index (χ1v) is 3.49. The van der Waals surface area contributed by atoms with E-state index in [4.69, 9.17) is 5.11 Å². The molecule has 4 heteroatoms. The third kappa shape index (κ3) is 2.93. The van der Waals surface area contributed by atoms with Crippen LogP contribution in [-0.2, 0) is 4.79 Å². The molecule has 0 saturated carbocycles. The first kappa shape index (κ1) is 9.81. The molecule has 4 nitrogen and oxygen atoms in total. The number of hydrogen-bond donors (Lipinski definition) is 3. The maximum absolute atomic E-state index is 10.5. The second kappa shape index (κ2) is 4.60. The van der Waals surface area contributed by atoms with Gasteiger partial charge >= 0.3 is 5.97 Å². The van der Waals surface area contributed by atoms with Crippen molar-refractivity contribution in [2.45, 2.75) is 13.8 Å². The van der Waals surface area contributed by atoms with Gasteiger partial charge in [-0.25, -0.2) is 4.79 Å². The fraction of sp³-hybridized carbons (Fsp3) is 0.571. The van der Waals surface area contributed by atoms with Crippen molar-refractivity contribution in [3.63, 3.8) is 0 Å². The molecule has 64 valence electrons. The fourth-order valence-corrected chi connectivity index (χ4v) is 0.670. The molecule has 0 atom stereocenters. The summed E-state index contributed by atoms with van der Waals surface area (Å²) in [5.41, 5.74) is 0.870. The Labute approximate surface area is 66.3 Å². The molecule has 0 aliphatic heterocycles. The van der Waals surface area contributed by atoms with E-state index >= 15 is 0 Å². The highest BCUT2D eigenvalue weighted by molar-refractivity contribution is 5.86. The van der Waals surface area contributed by atoms with Gasteiger partial charge in [0.1, 0.15) is 5.70 Å². The topological polar surface area (TPSA) is 61.4 Å². The number of nitrogens with one attached hydrogen (secondary N) is 2. The standard InChI is InChI=1S/C7H14N2O2/c1-4-9-6(7(10)11)5(2)8-3/h8-9H,4H2,1-3H3,(H,10,11). The van der Waals surface area contributed by atoms with Crippen molar-refractivity contribution in [1.82, 2.24) is 10.6 Å². The second-order valence-corrected chi connectivity index (χ2v) is 2.09. The lowest BCUT2D eigenvalue weighted by Crippen LogP contribution is -2.24. The number of carboxylic acid groups (broad SMARTS) is 1. The van der Waals surface area contributed by atoms with Gasteiger partial charge < -0.3 is 15.7 Å². The summed E-state index contributed by atoms with van der Waals surface area (Å²) in [4.78, 5) is 10.5. The Bertz CT molecular complexity index is 175. The zero-order valence-electron chi connectivity index (χ0n) is 7.06. The van der Waals surface area contributed by atoms with E-state index in [0.29, 0.717) is 12.2 Å². The molecule has 0 aromatic rings. The molecular weight excluding hydrogens is 144 g/mol. The summed E-state index contributed by atoms with van der Waals surface area (Å²) in [5, 5.41) is 14.2. The number of allylic oxidation sites excluding steroid dienone is 1. The molecular formula is C7H14N2O2. The molecule has 0 bridgehead atoms. The van der Waals surface area contributed by atoms with Crippen LogP contribution in [0.2, 0.25) is 0 Å². The van der Waals surface area contributed by atoms with E-state index in [1.807, 2.05) is 6.92 Å². The maximum atomic E-state index is 10.5. The molecule has 0 saturated heterocycles. The van der Waals surface area contributed by atoms with Crippen LogP contribution < -0.4 is 10.6 Å². The van der Waals surface area contributed by atoms with Crippen molar-refractivity contribution in [2.24, 2.45) is 0 Å². The highest BCUT2D eigenvalue weighted by atomic mass is 16.4. The van der Waals surface area contributed by atoms with Gasteiger partial charge in [0.2, 0.25) is 0 Å². The van der Waals surface area contributed by atoms with Crippen LogP contribution in [0, 0.1) is 0 Å². The van der Waals surface area contributed by atoms with Gasteiger partial charge in [-0.1, -0.05) is 0 Å². The Morgan fingerprint density at radius 2 is 2.09 bits per heavy atom. The average molecular weight is 158 g/mol. The minimum atomic E-state index is -0.932. The molecule has 0 rings (SSSR count). The number of aliphatic carboxylic acids is 1. The van der Waals surface area contributed by atoms with Crippen LogP contribution in [-0.4, -0.2) is 24.7 Å². The van der Waals surface area contributed by atoms with Crippen LogP contribution >= 0.6 is 0 Å². The molecule has 0 heterocycles. The summed E-state index contributed by atoms with van der Waals surface area (Å²) >= 11 is 0. The molecule has 0 aliphatic rings. The quantitative estimate of drug-likeness (QED) is 0.509. The van der Waals surface area contributed by atoms with Crippen molar-refractivity contribution < 1.29 is 9.90 Å². The highest BCUT2D eigenvalue weighted by Crippen LogP contribution is 1.95. The Kier molecular flexibility index (Phi) is 4.10. The van der Waals surface area contributed by atoms with E-state index in [2.05, 4.69) is 10.6 Å². The SMILES string of the molecule is CCNC(C(=O)O)=C(C)NC. The van der Waals surface area contributed by atoms with Crippen molar-refractivity contribution in [3.05, 3.63) is 11.4 Å². The molecule has 0 aliphatic carbocycles. The third-order valence-electron chi connectivity index (χ3n) is 1.32. The van der Waals surface area contributed by atoms with Gasteiger partial charge in [-0.05, 0) is 13.8 Å². The first-order chi connectivity index (χ1) is 5.13. The number of rotatable bonds is 4. The Hall–Kier alpha value is -1.19. The summed E-state index contributed by atoms with van der Waals surface area (Å²) < 4.78 is 0. The number of carboxylic acids is 1. The summed E-state index contributed by atoms with van der Waals surface area (Å²) in [6.07, 6.45) is 0. The van der Waals surface area contributed by atoms with Gasteiger partial charge in [0.05, 0.1) is 0 Å². The van der Waals surface area contributed by atoms with Crippen LogP contribution in [0.4, 0.5) is 0 Å². The fourth-order valence-electron chi connectivity index (χ4n) is 0.670. The van der Waals surface area contributed by atoms with Gasteiger partial charge in [-0.2, -0.15) is 0 Å². The molecule has 0 unspecified atom stereocenters. The summed E-state index contributed by atoms with van der Waals surface area (Å²) in [6, 6.07) is 0. The lowest BCUT2D eigenvalue weighted by molar-refractivity contribution is -0.133. The van der Waals surface area contributed by atoms with Gasteiger partial charge in [-0.3, -0.25) is 0 Å². The summed E-state index contributed by atoms with van der Waals surface area (Å²) in [7, 11) is 1.69. The molecule has 0 amide bonds. The zero-order chi connectivity index (χ0) is 8.85. The molecule has 0 aromatic heterocycles. The second-order valence-electron chi connectivity index (χ2n) is 2.09. The van der Waals surface area contributed by atoms with Gasteiger partial charge in [-0.15, -0.1) is 0 Å². The van der Waals surface area contributed by atoms with Gasteiger partial charge in [0.25, 0.3) is 0 Å². The van der Waals surface area contributed by atoms with Crippen LogP contribution in [0.5, 0.6) is 0 Å². The molecule has 11 heavy (non-hydrogen) atoms. The predicted octanol–water partition coefficient (Wildman–Crippen LogP) is 0.131. The molecule has 0 aromatic carbocycles. The number of hydrogen-bond acceptors (Lipinski definition) is 3. The van der Waals surface area contributed by atoms with Crippen molar-refractivity contribution >= 4 is 5.97 Å². The van der Waals surface area contributed by atoms with Crippen molar-refractivity contribution in [2.75, 3.05) is 13.6 Å². The lowest BCUT2D eigenvalue weighted by atomic mass is 10.3. The van der Waals surface area contributed by atoms with Crippen molar-refractivity contribution in [3.8, 4) is 0 Å². The number of likely N-dealkylation sites (N-methyl/N-ethyl adjacent to an activating group) is 1. The average Bonchev–Trinajstić information content (AvgIpc) is 1.98. The van der Waals surface area contributed by atoms with E-state index in [1.54, 1.807) is 14.0 Å². The Morgan fingerprint density at radius 1 is 1.55 bits per heavy atom. The summed E-state index contributed by atoms with van der Waals surface area (Å²) in [5.74, 6) is -0.932. The smallest absolute Gasteiger partial charge is 0.353 e. The van der Waals surface area contributed by atoms with Crippen molar-refractivity contribution in [1.29, 1.82) is 0 Å². The minimum absolute atomic E-state index is 0.231. The predicted molar refractivity (Wildman–Crippen MR) is 43.1 cm³/mol. The van der Waals surface area contributed by atoms with E-state index in [1.165, 1.54) is 0 Å². The van der Waals surface area contributed by atoms with Crippen LogP contribution in [0.3, 0.4) is 0 Å². The van der Waals surface area contributed by atoms with E-state index in [-0.39, 0.29) is 5.70 Å². The first-order valence-electron chi connectivity index (χ1n) is 3.49. The van der Waals surface area contributed by atoms with Gasteiger partial charge in [0.15, 0.2) is 0 Å². The highest BCUT2D eigenvalue weighted by Gasteiger charge is 2.07.